The first-order chi connectivity index (χ1) is 19.4. The van der Waals surface area contributed by atoms with Crippen LogP contribution < -0.4 is 0 Å². The summed E-state index contributed by atoms with van der Waals surface area (Å²) >= 11 is 0. The first-order valence-electron chi connectivity index (χ1n) is 14.4. The molecule has 3 rings (SSSR count). The van der Waals surface area contributed by atoms with Gasteiger partial charge < -0.3 is 15.3 Å². The van der Waals surface area contributed by atoms with E-state index in [0.717, 1.165) is 66.9 Å². The molecule has 1 unspecified atom stereocenters. The molecule has 0 saturated heterocycles. The quantitative estimate of drug-likeness (QED) is 0.136. The number of hydrogen-bond donors (Lipinski definition) is 3. The van der Waals surface area contributed by atoms with E-state index >= 15 is 0 Å². The van der Waals surface area contributed by atoms with Crippen molar-refractivity contribution in [2.75, 3.05) is 0 Å². The van der Waals surface area contributed by atoms with Crippen LogP contribution in [0.2, 0.25) is 0 Å². The third kappa shape index (κ3) is 9.55. The number of aromatic hydroxyl groups is 1. The predicted octanol–water partition coefficient (Wildman–Crippen LogP) is 8.98. The number of hydrogen-bond acceptors (Lipinski definition) is 3. The molecule has 0 radical (unpaired) electrons. The normalized spacial score (nSPS) is 16.6. The lowest BCUT2D eigenvalue weighted by Crippen LogP contribution is -2.36. The Morgan fingerprint density at radius 2 is 1.56 bits per heavy atom. The zero-order valence-corrected chi connectivity index (χ0v) is 23.1. The Balaban J connectivity index is 1.41. The summed E-state index contributed by atoms with van der Waals surface area (Å²) in [6.45, 7) is 0. The average molecular weight is 583 g/mol. The lowest BCUT2D eigenvalue weighted by Gasteiger charge is -2.20. The highest BCUT2D eigenvalue weighted by Gasteiger charge is 2.56. The molecule has 4 nitrogen and oxygen atoms in total. The Morgan fingerprint density at radius 1 is 0.902 bits per heavy atom. The Morgan fingerprint density at radius 3 is 2.20 bits per heavy atom. The molecule has 9 heteroatoms. The highest BCUT2D eigenvalue weighted by molar-refractivity contribution is 5.93. The molecular formula is C32H39F5O4. The Kier molecular flexibility index (Phi) is 11.8. The Hall–Kier alpha value is -2.94. The molecule has 1 aliphatic carbocycles. The molecule has 3 N–H and O–H groups in total. The topological polar surface area (TPSA) is 77.8 Å². The summed E-state index contributed by atoms with van der Waals surface area (Å²) in [5, 5.41) is 31.1. The number of aliphatic hydroxyl groups excluding tert-OH is 1. The summed E-state index contributed by atoms with van der Waals surface area (Å²) in [4.78, 5) is 11.4. The van der Waals surface area contributed by atoms with Gasteiger partial charge in [-0.15, -0.1) is 0 Å². The van der Waals surface area contributed by atoms with Crippen LogP contribution in [-0.4, -0.2) is 39.5 Å². The van der Waals surface area contributed by atoms with Gasteiger partial charge in [0.05, 0.1) is 12.0 Å². The second-order valence-electron chi connectivity index (χ2n) is 11.0. The van der Waals surface area contributed by atoms with Gasteiger partial charge in [-0.1, -0.05) is 75.0 Å². The fourth-order valence-electron chi connectivity index (χ4n) is 5.41. The predicted molar refractivity (Wildman–Crippen MR) is 150 cm³/mol. The van der Waals surface area contributed by atoms with Gasteiger partial charge in [0.2, 0.25) is 0 Å². The van der Waals surface area contributed by atoms with Crippen molar-refractivity contribution in [3.63, 3.8) is 0 Å². The van der Waals surface area contributed by atoms with Gasteiger partial charge in [0.1, 0.15) is 5.75 Å². The van der Waals surface area contributed by atoms with Crippen LogP contribution in [0.3, 0.4) is 0 Å². The van der Waals surface area contributed by atoms with Crippen LogP contribution in [0.25, 0.3) is 16.3 Å². The van der Waals surface area contributed by atoms with Crippen molar-refractivity contribution in [3.05, 3.63) is 59.7 Å². The minimum absolute atomic E-state index is 0.190. The lowest BCUT2D eigenvalue weighted by molar-refractivity contribution is -0.284. The van der Waals surface area contributed by atoms with Gasteiger partial charge in [-0.25, -0.2) is 0 Å². The van der Waals surface area contributed by atoms with E-state index in [1.807, 2.05) is 24.3 Å². The van der Waals surface area contributed by atoms with E-state index in [4.69, 9.17) is 0 Å². The maximum absolute atomic E-state index is 13.1. The molecular weight excluding hydrogens is 543 g/mol. The van der Waals surface area contributed by atoms with Gasteiger partial charge in [-0.2, -0.15) is 22.0 Å². The number of aryl methyl sites for hydroxylation is 1. The number of aliphatic hydroxyl groups is 1. The molecule has 0 aromatic heterocycles. The van der Waals surface area contributed by atoms with Crippen LogP contribution in [0.1, 0.15) is 88.2 Å². The van der Waals surface area contributed by atoms with E-state index in [2.05, 4.69) is 6.07 Å². The molecule has 0 heterocycles. The molecule has 0 fully saturated rings. The fraction of sp³-hybridized carbons (Fsp3) is 0.531. The van der Waals surface area contributed by atoms with Crippen molar-refractivity contribution in [2.45, 2.75) is 102 Å². The van der Waals surface area contributed by atoms with E-state index in [-0.39, 0.29) is 18.6 Å². The van der Waals surface area contributed by atoms with E-state index in [0.29, 0.717) is 12.8 Å². The first kappa shape index (κ1) is 32.6. The number of phenols is 1. The van der Waals surface area contributed by atoms with Crippen molar-refractivity contribution in [3.8, 4) is 5.75 Å². The van der Waals surface area contributed by atoms with Crippen molar-refractivity contribution >= 4 is 22.3 Å². The minimum Gasteiger partial charge on any atom is -0.508 e. The molecule has 0 amide bonds. The maximum atomic E-state index is 13.1. The number of benzene rings is 2. The molecule has 0 bridgehead atoms. The number of phenolic OH excluding ortho intramolecular Hbond substituents is 1. The third-order valence-electron chi connectivity index (χ3n) is 7.79. The van der Waals surface area contributed by atoms with E-state index < -0.39 is 42.9 Å². The van der Waals surface area contributed by atoms with Crippen LogP contribution in [0.4, 0.5) is 22.0 Å². The number of carboxylic acid groups (broad SMARTS) is 1. The van der Waals surface area contributed by atoms with Crippen LogP contribution in [0.5, 0.6) is 5.75 Å². The minimum atomic E-state index is -5.61. The van der Waals surface area contributed by atoms with Gasteiger partial charge >= 0.3 is 18.1 Å². The first-order valence-corrected chi connectivity index (χ1v) is 14.4. The van der Waals surface area contributed by atoms with E-state index in [9.17, 15) is 42.1 Å². The van der Waals surface area contributed by atoms with Crippen LogP contribution in [0, 0.1) is 5.92 Å². The number of allylic oxidation sites excluding steroid dienone is 2. The second kappa shape index (κ2) is 14.8. The van der Waals surface area contributed by atoms with Crippen molar-refractivity contribution in [2.24, 2.45) is 5.92 Å². The highest BCUT2D eigenvalue weighted by atomic mass is 19.4. The van der Waals surface area contributed by atoms with Gasteiger partial charge in [-0.05, 0) is 78.1 Å². The fourth-order valence-corrected chi connectivity index (χ4v) is 5.41. The van der Waals surface area contributed by atoms with Crippen molar-refractivity contribution < 1.29 is 42.1 Å². The summed E-state index contributed by atoms with van der Waals surface area (Å²) in [5.41, 5.74) is 3.41. The SMILES string of the molecule is O=C(O)C(CCCCCCCCCc1c(C2=CC[C@H](O)C=C2)ccc2cc(O)ccc12)CCCC(F)(F)C(F)(F)F. The second-order valence-corrected chi connectivity index (χ2v) is 11.0. The number of carbonyl (C=O) groups is 1. The van der Waals surface area contributed by atoms with Gasteiger partial charge in [0, 0.05) is 6.42 Å². The molecule has 226 valence electrons. The Bertz CT molecular complexity index is 1220. The van der Waals surface area contributed by atoms with Gasteiger partial charge in [0.15, 0.2) is 0 Å². The summed E-state index contributed by atoms with van der Waals surface area (Å²) in [5.74, 6) is -6.64. The molecule has 2 atom stereocenters. The smallest absolute Gasteiger partial charge is 0.453 e. The monoisotopic (exact) mass is 582 g/mol. The summed E-state index contributed by atoms with van der Waals surface area (Å²) in [6.07, 6.45) is 5.58. The number of carboxylic acids is 1. The number of alkyl halides is 5. The zero-order chi connectivity index (χ0) is 30.0. The molecule has 2 aromatic rings. The van der Waals surface area contributed by atoms with Crippen molar-refractivity contribution in [1.82, 2.24) is 0 Å². The van der Waals surface area contributed by atoms with E-state index in [1.54, 1.807) is 18.2 Å². The standard InChI is InChI=1S/C32H39F5O4/c33-31(34,32(35,36)37)20-8-10-23(30(40)41)9-6-4-2-1-3-5-7-11-29-27(22-12-15-25(38)16-13-22)18-14-24-21-26(39)17-19-28(24)29/h12-15,17-19,21,23,25,38-39H,1-11,16,20H2,(H,40,41)/t23?,25-/m1/s1. The zero-order valence-electron chi connectivity index (χ0n) is 23.1. The van der Waals surface area contributed by atoms with E-state index in [1.165, 1.54) is 5.56 Å². The summed E-state index contributed by atoms with van der Waals surface area (Å²) < 4.78 is 63.0. The molecule has 1 aliphatic rings. The summed E-state index contributed by atoms with van der Waals surface area (Å²) in [6, 6.07) is 9.45. The molecule has 0 aliphatic heterocycles. The van der Waals surface area contributed by atoms with Crippen LogP contribution >= 0.6 is 0 Å². The van der Waals surface area contributed by atoms with Crippen LogP contribution in [-0.2, 0) is 11.2 Å². The largest absolute Gasteiger partial charge is 0.508 e. The molecule has 0 saturated carbocycles. The van der Waals surface area contributed by atoms with Gasteiger partial charge in [-0.3, -0.25) is 4.79 Å². The highest BCUT2D eigenvalue weighted by Crippen LogP contribution is 2.39. The average Bonchev–Trinajstić information content (AvgIpc) is 2.90. The third-order valence-corrected chi connectivity index (χ3v) is 7.79. The van der Waals surface area contributed by atoms with Crippen molar-refractivity contribution in [1.29, 1.82) is 0 Å². The molecule has 0 spiro atoms. The summed E-state index contributed by atoms with van der Waals surface area (Å²) in [7, 11) is 0. The maximum Gasteiger partial charge on any atom is 0.453 e. The number of halogens is 5. The number of rotatable bonds is 16. The van der Waals surface area contributed by atoms with Crippen LogP contribution in [0.15, 0.2) is 48.6 Å². The lowest BCUT2D eigenvalue weighted by atomic mass is 9.88. The molecule has 41 heavy (non-hydrogen) atoms. The Labute approximate surface area is 237 Å². The molecule has 2 aromatic carbocycles. The number of fused-ring (bicyclic) bond motifs is 1. The number of aliphatic carboxylic acids is 1. The van der Waals surface area contributed by atoms with Gasteiger partial charge in [0.25, 0.3) is 0 Å². The number of unbranched alkanes of at least 4 members (excludes halogenated alkanes) is 6.